The van der Waals surface area contributed by atoms with Gasteiger partial charge in [-0.3, -0.25) is 4.55 Å². The molecule has 0 rings (SSSR count). The largest absolute Gasteiger partial charge is 1.00 e. The molecule has 0 aliphatic rings. The third-order valence-electron chi connectivity index (χ3n) is 2.76. The molecule has 0 saturated heterocycles. The molecule has 0 heterocycles. The Hall–Kier alpha value is -0.410. The Morgan fingerprint density at radius 1 is 1.23 bits per heavy atom. The van der Waals surface area contributed by atoms with Gasteiger partial charge in [-0.15, -0.1) is 0 Å². The maximum absolute atomic E-state index is 11.8. The molecule has 22 heavy (non-hydrogen) atoms. The van der Waals surface area contributed by atoms with Crippen LogP contribution in [-0.2, 0) is 24.4 Å². The van der Waals surface area contributed by atoms with Crippen LogP contribution < -0.4 is 34.7 Å². The number of carbonyl (C=O) groups excluding carboxylic acids is 2. The molecule has 7 nitrogen and oxygen atoms in total. The quantitative estimate of drug-likeness (QED) is 0.157. The molecule has 0 spiro atoms. The molecule has 0 aliphatic heterocycles. The molecule has 0 amide bonds. The van der Waals surface area contributed by atoms with E-state index >= 15 is 0 Å². The van der Waals surface area contributed by atoms with Crippen molar-refractivity contribution in [1.29, 1.82) is 0 Å². The van der Waals surface area contributed by atoms with Gasteiger partial charge in [-0.25, -0.2) is 4.79 Å². The Balaban J connectivity index is 0. The summed E-state index contributed by atoms with van der Waals surface area (Å²) < 4.78 is 35.5. The second kappa shape index (κ2) is 12.1. The van der Waals surface area contributed by atoms with Gasteiger partial charge in [-0.2, -0.15) is 8.42 Å². The zero-order valence-electron chi connectivity index (χ0n) is 13.2. The average Bonchev–Trinajstić information content (AvgIpc) is 2.37. The molecule has 9 heteroatoms. The van der Waals surface area contributed by atoms with Crippen molar-refractivity contribution in [3.8, 4) is 0 Å². The molecular formula is C13H21NaO7S. The number of hydrogen-bond acceptors (Lipinski definition) is 6. The van der Waals surface area contributed by atoms with E-state index in [0.717, 1.165) is 19.3 Å². The van der Waals surface area contributed by atoms with Crippen LogP contribution >= 0.6 is 0 Å². The molecule has 0 aromatic heterocycles. The smallest absolute Gasteiger partial charge is 0.545 e. The second-order valence-electron chi connectivity index (χ2n) is 4.56. The summed E-state index contributed by atoms with van der Waals surface area (Å²) in [6.45, 7) is 3.42. The van der Waals surface area contributed by atoms with E-state index < -0.39 is 27.5 Å². The van der Waals surface area contributed by atoms with Crippen LogP contribution in [0.3, 0.4) is 0 Å². The minimum Gasteiger partial charge on any atom is -0.545 e. The number of carbonyl (C=O) groups is 2. The fourth-order valence-electron chi connectivity index (χ4n) is 1.67. The predicted molar refractivity (Wildman–Crippen MR) is 73.6 cm³/mol. The molecule has 1 unspecified atom stereocenters. The number of aliphatic carboxylic acids is 1. The number of ether oxygens (including phenoxy) is 1. The van der Waals surface area contributed by atoms with E-state index in [-0.39, 0.29) is 48.0 Å². The number of hydrogen-bond donors (Lipinski definition) is 1. The van der Waals surface area contributed by atoms with Gasteiger partial charge in [0.1, 0.15) is 0 Å². The van der Waals surface area contributed by atoms with Crippen LogP contribution in [0.2, 0.25) is 0 Å². The summed E-state index contributed by atoms with van der Waals surface area (Å²) in [6.07, 6.45) is 3.91. The van der Waals surface area contributed by atoms with E-state index in [9.17, 15) is 23.1 Å². The van der Waals surface area contributed by atoms with E-state index in [0.29, 0.717) is 12.5 Å². The molecular weight excluding hydrogens is 323 g/mol. The van der Waals surface area contributed by atoms with Gasteiger partial charge in [0.05, 0.1) is 5.97 Å². The number of unbranched alkanes of at least 4 members (excludes halogenated alkanes) is 3. The summed E-state index contributed by atoms with van der Waals surface area (Å²) in [5.74, 6) is -2.63. The van der Waals surface area contributed by atoms with Crippen LogP contribution in [0.25, 0.3) is 0 Å². The van der Waals surface area contributed by atoms with Crippen LogP contribution in [0.5, 0.6) is 0 Å². The molecule has 0 aromatic carbocycles. The summed E-state index contributed by atoms with van der Waals surface area (Å²) in [5, 5.41) is 10.6. The third-order valence-corrected chi connectivity index (χ3v) is 3.85. The summed E-state index contributed by atoms with van der Waals surface area (Å²) in [4.78, 5) is 22.4. The third kappa shape index (κ3) is 10.3. The standard InChI is InChI=1S/C13H22O7S.Na/c1-3-5-6-7-8-10(9-11(14)15)13(16)20-12(4-2)21(17,18)19;/h9,12H,3-8H2,1-2H3,(H,14,15)(H,17,18,19);/q;+1/p-1. The molecule has 122 valence electrons. The average molecular weight is 344 g/mol. The Morgan fingerprint density at radius 3 is 2.23 bits per heavy atom. The number of rotatable bonds is 10. The summed E-state index contributed by atoms with van der Waals surface area (Å²) in [6, 6.07) is 0. The van der Waals surface area contributed by atoms with Gasteiger partial charge in [0, 0.05) is 5.57 Å². The summed E-state index contributed by atoms with van der Waals surface area (Å²) >= 11 is 0. The second-order valence-corrected chi connectivity index (χ2v) is 6.11. The zero-order chi connectivity index (χ0) is 16.5. The maximum Gasteiger partial charge on any atom is 1.00 e. The van der Waals surface area contributed by atoms with Crippen molar-refractivity contribution in [2.45, 2.75) is 57.8 Å². The predicted octanol–water partition coefficient (Wildman–Crippen LogP) is -2.20. The van der Waals surface area contributed by atoms with Crippen molar-refractivity contribution >= 4 is 22.1 Å². The van der Waals surface area contributed by atoms with E-state index in [4.69, 9.17) is 4.55 Å². The van der Waals surface area contributed by atoms with Crippen molar-refractivity contribution in [3.05, 3.63) is 11.6 Å². The van der Waals surface area contributed by atoms with Crippen LogP contribution in [0.15, 0.2) is 11.6 Å². The van der Waals surface area contributed by atoms with E-state index in [2.05, 4.69) is 4.74 Å². The number of carboxylic acids is 1. The number of carboxylic acid groups (broad SMARTS) is 1. The van der Waals surface area contributed by atoms with Crippen LogP contribution in [-0.4, -0.2) is 30.3 Å². The van der Waals surface area contributed by atoms with Gasteiger partial charge in [-0.1, -0.05) is 33.1 Å². The molecule has 0 aromatic rings. The Kier molecular flexibility index (Phi) is 13.1. The fourth-order valence-corrected chi connectivity index (χ4v) is 2.30. The van der Waals surface area contributed by atoms with Gasteiger partial charge in [0.15, 0.2) is 0 Å². The molecule has 1 N–H and O–H groups in total. The Morgan fingerprint density at radius 2 is 1.82 bits per heavy atom. The van der Waals surface area contributed by atoms with Gasteiger partial charge >= 0.3 is 45.6 Å². The van der Waals surface area contributed by atoms with Crippen molar-refractivity contribution in [2.24, 2.45) is 0 Å². The molecule has 0 radical (unpaired) electrons. The van der Waals surface area contributed by atoms with Gasteiger partial charge in [0.2, 0.25) is 5.44 Å². The molecule has 0 bridgehead atoms. The van der Waals surface area contributed by atoms with Gasteiger partial charge < -0.3 is 14.6 Å². The van der Waals surface area contributed by atoms with Crippen molar-refractivity contribution < 1.29 is 62.0 Å². The van der Waals surface area contributed by atoms with Gasteiger partial charge in [-0.05, 0) is 25.3 Å². The van der Waals surface area contributed by atoms with Crippen LogP contribution in [0, 0.1) is 0 Å². The summed E-state index contributed by atoms with van der Waals surface area (Å²) in [5.41, 5.74) is -1.88. The SMILES string of the molecule is CCCCCCC(=CC(=O)[O-])C(=O)OC(CC)S(=O)(=O)O.[Na+]. The molecule has 1 atom stereocenters. The maximum atomic E-state index is 11.8. The Bertz CT molecular complexity index is 485. The van der Waals surface area contributed by atoms with Crippen molar-refractivity contribution in [2.75, 3.05) is 0 Å². The topological polar surface area (TPSA) is 121 Å². The molecule has 0 aliphatic carbocycles. The minimum atomic E-state index is -4.53. The first-order valence-corrected chi connectivity index (χ1v) is 8.31. The first-order valence-electron chi connectivity index (χ1n) is 6.81. The fraction of sp³-hybridized carbons (Fsp3) is 0.692. The minimum absolute atomic E-state index is 0. The first-order chi connectivity index (χ1) is 9.72. The molecule has 0 saturated carbocycles. The monoisotopic (exact) mass is 344 g/mol. The van der Waals surface area contributed by atoms with Crippen molar-refractivity contribution in [3.63, 3.8) is 0 Å². The molecule has 0 fully saturated rings. The number of esters is 1. The summed E-state index contributed by atoms with van der Waals surface area (Å²) in [7, 11) is -4.53. The van der Waals surface area contributed by atoms with Gasteiger partial charge in [0.25, 0.3) is 0 Å². The van der Waals surface area contributed by atoms with Crippen LogP contribution in [0.4, 0.5) is 0 Å². The first kappa shape index (κ1) is 23.9. The van der Waals surface area contributed by atoms with E-state index in [1.807, 2.05) is 6.92 Å². The van der Waals surface area contributed by atoms with Crippen LogP contribution in [0.1, 0.15) is 52.4 Å². The van der Waals surface area contributed by atoms with E-state index in [1.165, 1.54) is 6.92 Å². The normalized spacial score (nSPS) is 13.1. The Labute approximate surface area is 153 Å². The zero-order valence-corrected chi connectivity index (χ0v) is 16.0. The van der Waals surface area contributed by atoms with Crippen molar-refractivity contribution in [1.82, 2.24) is 0 Å². The van der Waals surface area contributed by atoms with E-state index in [1.54, 1.807) is 0 Å².